The van der Waals surface area contributed by atoms with Crippen molar-refractivity contribution in [2.75, 3.05) is 32.8 Å². The van der Waals surface area contributed by atoms with Crippen LogP contribution in [0.25, 0.3) is 0 Å². The number of ether oxygens (including phenoxy) is 1. The van der Waals surface area contributed by atoms with Gasteiger partial charge < -0.3 is 9.64 Å². The lowest BCUT2D eigenvalue weighted by Crippen LogP contribution is -2.48. The standard InChI is InChI=1S/C19H24N2O2S/c1-2-23-18-5-3-16(4-6-18)14-20-8-10-21(11-9-20)19(22)13-17-7-12-24-15-17/h3-7,12,15H,2,8-11,13-14H2,1H3. The topological polar surface area (TPSA) is 32.8 Å². The number of nitrogens with zero attached hydrogens (tertiary/aromatic N) is 2. The van der Waals surface area contributed by atoms with Crippen molar-refractivity contribution in [3.05, 3.63) is 52.2 Å². The second-order valence-electron chi connectivity index (χ2n) is 6.04. The second kappa shape index (κ2) is 8.31. The smallest absolute Gasteiger partial charge is 0.227 e. The van der Waals surface area contributed by atoms with E-state index in [1.807, 2.05) is 35.4 Å². The highest BCUT2D eigenvalue weighted by Crippen LogP contribution is 2.15. The zero-order chi connectivity index (χ0) is 16.8. The summed E-state index contributed by atoms with van der Waals surface area (Å²) >= 11 is 1.65. The summed E-state index contributed by atoms with van der Waals surface area (Å²) in [6.45, 7) is 7.12. The van der Waals surface area contributed by atoms with Crippen molar-refractivity contribution in [1.82, 2.24) is 9.80 Å². The Kier molecular flexibility index (Phi) is 5.88. The van der Waals surface area contributed by atoms with Gasteiger partial charge in [-0.1, -0.05) is 12.1 Å². The van der Waals surface area contributed by atoms with Crippen molar-refractivity contribution in [2.45, 2.75) is 19.9 Å². The quantitative estimate of drug-likeness (QED) is 0.807. The third-order valence-electron chi connectivity index (χ3n) is 4.30. The summed E-state index contributed by atoms with van der Waals surface area (Å²) in [7, 11) is 0. The van der Waals surface area contributed by atoms with Crippen LogP contribution in [0.3, 0.4) is 0 Å². The number of benzene rings is 1. The van der Waals surface area contributed by atoms with Gasteiger partial charge in [0.1, 0.15) is 5.75 Å². The zero-order valence-electron chi connectivity index (χ0n) is 14.1. The van der Waals surface area contributed by atoms with Gasteiger partial charge in [-0.3, -0.25) is 9.69 Å². The Hall–Kier alpha value is -1.85. The fraction of sp³-hybridized carbons (Fsp3) is 0.421. The largest absolute Gasteiger partial charge is 0.494 e. The molecule has 1 aromatic carbocycles. The van der Waals surface area contributed by atoms with E-state index in [0.29, 0.717) is 13.0 Å². The molecule has 0 atom stereocenters. The lowest BCUT2D eigenvalue weighted by atomic mass is 10.1. The van der Waals surface area contributed by atoms with E-state index >= 15 is 0 Å². The summed E-state index contributed by atoms with van der Waals surface area (Å²) in [4.78, 5) is 16.7. The number of rotatable bonds is 6. The molecule has 4 nitrogen and oxygen atoms in total. The third kappa shape index (κ3) is 4.58. The summed E-state index contributed by atoms with van der Waals surface area (Å²) in [6, 6.07) is 10.3. The Morgan fingerprint density at radius 3 is 2.46 bits per heavy atom. The molecule has 1 amide bonds. The van der Waals surface area contributed by atoms with Gasteiger partial charge in [-0.05, 0) is 47.0 Å². The minimum atomic E-state index is 0.245. The predicted octanol–water partition coefficient (Wildman–Crippen LogP) is 3.03. The summed E-state index contributed by atoms with van der Waals surface area (Å²) < 4.78 is 5.48. The lowest BCUT2D eigenvalue weighted by Gasteiger charge is -2.34. The molecule has 5 heteroatoms. The van der Waals surface area contributed by atoms with Crippen LogP contribution >= 0.6 is 11.3 Å². The van der Waals surface area contributed by atoms with Gasteiger partial charge >= 0.3 is 0 Å². The second-order valence-corrected chi connectivity index (χ2v) is 6.82. The van der Waals surface area contributed by atoms with E-state index in [-0.39, 0.29) is 5.91 Å². The van der Waals surface area contributed by atoms with Crippen molar-refractivity contribution in [3.8, 4) is 5.75 Å². The van der Waals surface area contributed by atoms with Crippen LogP contribution in [0.15, 0.2) is 41.1 Å². The van der Waals surface area contributed by atoms with Crippen molar-refractivity contribution in [3.63, 3.8) is 0 Å². The SMILES string of the molecule is CCOc1ccc(CN2CCN(C(=O)Cc3ccsc3)CC2)cc1. The molecule has 2 heterocycles. The van der Waals surface area contributed by atoms with Crippen molar-refractivity contribution in [2.24, 2.45) is 0 Å². The van der Waals surface area contributed by atoms with E-state index in [9.17, 15) is 4.79 Å². The molecule has 1 aliphatic rings. The minimum Gasteiger partial charge on any atom is -0.494 e. The van der Waals surface area contributed by atoms with E-state index in [4.69, 9.17) is 4.74 Å². The maximum absolute atomic E-state index is 12.3. The molecule has 1 fully saturated rings. The molecule has 0 bridgehead atoms. The first-order chi connectivity index (χ1) is 11.7. The van der Waals surface area contributed by atoms with Crippen LogP contribution in [0.2, 0.25) is 0 Å². The predicted molar refractivity (Wildman–Crippen MR) is 97.5 cm³/mol. The molecule has 0 aliphatic carbocycles. The number of piperazine rings is 1. The monoisotopic (exact) mass is 344 g/mol. The summed E-state index contributed by atoms with van der Waals surface area (Å²) in [5, 5.41) is 4.08. The van der Waals surface area contributed by atoms with E-state index in [1.54, 1.807) is 11.3 Å². The zero-order valence-corrected chi connectivity index (χ0v) is 14.9. The third-order valence-corrected chi connectivity index (χ3v) is 5.03. The number of hydrogen-bond donors (Lipinski definition) is 0. The molecule has 2 aromatic rings. The van der Waals surface area contributed by atoms with Crippen LogP contribution in [0.1, 0.15) is 18.1 Å². The van der Waals surface area contributed by atoms with Crippen molar-refractivity contribution >= 4 is 17.2 Å². The molecule has 0 spiro atoms. The van der Waals surface area contributed by atoms with E-state index < -0.39 is 0 Å². The van der Waals surface area contributed by atoms with Gasteiger partial charge in [0.05, 0.1) is 13.0 Å². The van der Waals surface area contributed by atoms with Crippen LogP contribution < -0.4 is 4.74 Å². The van der Waals surface area contributed by atoms with E-state index in [0.717, 1.165) is 44.0 Å². The molecule has 0 unspecified atom stereocenters. The number of hydrogen-bond acceptors (Lipinski definition) is 4. The van der Waals surface area contributed by atoms with Crippen LogP contribution in [-0.2, 0) is 17.8 Å². The average molecular weight is 344 g/mol. The lowest BCUT2D eigenvalue weighted by molar-refractivity contribution is -0.132. The van der Waals surface area contributed by atoms with Crippen molar-refractivity contribution < 1.29 is 9.53 Å². The molecule has 0 N–H and O–H groups in total. The normalized spacial score (nSPS) is 15.5. The van der Waals surface area contributed by atoms with Gasteiger partial charge in [-0.2, -0.15) is 11.3 Å². The maximum atomic E-state index is 12.3. The molecule has 1 aromatic heterocycles. The van der Waals surface area contributed by atoms with Gasteiger partial charge in [-0.25, -0.2) is 0 Å². The molecule has 3 rings (SSSR count). The molecular weight excluding hydrogens is 320 g/mol. The van der Waals surface area contributed by atoms with E-state index in [2.05, 4.69) is 22.4 Å². The number of carbonyl (C=O) groups excluding carboxylic acids is 1. The molecular formula is C19H24N2O2S. The van der Waals surface area contributed by atoms with Gasteiger partial charge in [0.2, 0.25) is 5.91 Å². The number of amides is 1. The Morgan fingerprint density at radius 1 is 1.08 bits per heavy atom. The molecule has 1 saturated heterocycles. The summed E-state index contributed by atoms with van der Waals surface area (Å²) in [5.74, 6) is 1.17. The molecule has 24 heavy (non-hydrogen) atoms. The Morgan fingerprint density at radius 2 is 1.83 bits per heavy atom. The summed E-state index contributed by atoms with van der Waals surface area (Å²) in [6.07, 6.45) is 0.530. The van der Waals surface area contributed by atoms with Crippen LogP contribution in [-0.4, -0.2) is 48.5 Å². The highest BCUT2D eigenvalue weighted by atomic mass is 32.1. The van der Waals surface area contributed by atoms with Crippen molar-refractivity contribution in [1.29, 1.82) is 0 Å². The van der Waals surface area contributed by atoms with Crippen LogP contribution in [0, 0.1) is 0 Å². The summed E-state index contributed by atoms with van der Waals surface area (Å²) in [5.41, 5.74) is 2.42. The first-order valence-electron chi connectivity index (χ1n) is 8.47. The fourth-order valence-electron chi connectivity index (χ4n) is 2.95. The van der Waals surface area contributed by atoms with Crippen LogP contribution in [0.4, 0.5) is 0 Å². The Bertz CT molecular complexity index is 632. The van der Waals surface area contributed by atoms with Gasteiger partial charge in [0.25, 0.3) is 0 Å². The molecule has 0 radical (unpaired) electrons. The van der Waals surface area contributed by atoms with Crippen LogP contribution in [0.5, 0.6) is 5.75 Å². The maximum Gasteiger partial charge on any atom is 0.227 e. The van der Waals surface area contributed by atoms with Gasteiger partial charge in [0, 0.05) is 32.7 Å². The first-order valence-corrected chi connectivity index (χ1v) is 9.42. The van der Waals surface area contributed by atoms with Gasteiger partial charge in [0.15, 0.2) is 0 Å². The van der Waals surface area contributed by atoms with E-state index in [1.165, 1.54) is 5.56 Å². The fourth-order valence-corrected chi connectivity index (χ4v) is 3.62. The van der Waals surface area contributed by atoms with Gasteiger partial charge in [-0.15, -0.1) is 0 Å². The molecule has 1 aliphatic heterocycles. The highest BCUT2D eigenvalue weighted by Gasteiger charge is 2.21. The minimum absolute atomic E-state index is 0.245. The Balaban J connectivity index is 1.45. The number of thiophene rings is 1. The first kappa shape index (κ1) is 17.0. The average Bonchev–Trinajstić information content (AvgIpc) is 3.10. The highest BCUT2D eigenvalue weighted by molar-refractivity contribution is 7.07. The molecule has 128 valence electrons. The number of carbonyl (C=O) groups is 1. The Labute approximate surface area is 147 Å². The molecule has 0 saturated carbocycles.